The maximum atomic E-state index is 12.4. The minimum Gasteiger partial charge on any atom is -0.313 e. The minimum absolute atomic E-state index is 0.0825. The van der Waals surface area contributed by atoms with E-state index < -0.39 is 10.8 Å². The van der Waals surface area contributed by atoms with E-state index in [4.69, 9.17) is 0 Å². The highest BCUT2D eigenvalue weighted by atomic mass is 32.2. The molecule has 0 aromatic rings. The maximum Gasteiger partial charge on any atom is 0.0396 e. The molecule has 0 aliphatic heterocycles. The molecule has 0 radical (unpaired) electrons. The van der Waals surface area contributed by atoms with Gasteiger partial charge in [0, 0.05) is 27.3 Å². The van der Waals surface area contributed by atoms with Crippen LogP contribution in [-0.4, -0.2) is 27.3 Å². The third-order valence-corrected chi connectivity index (χ3v) is 5.92. The average Bonchev–Trinajstić information content (AvgIpc) is 2.34. The Morgan fingerprint density at radius 1 is 1.22 bits per heavy atom. The summed E-state index contributed by atoms with van der Waals surface area (Å²) in [6, 6.07) is 0.463. The molecule has 1 aliphatic rings. The Morgan fingerprint density at radius 3 is 2.33 bits per heavy atom. The summed E-state index contributed by atoms with van der Waals surface area (Å²) in [5, 5.41) is 3.65. The molecule has 2 unspecified atom stereocenters. The maximum absolute atomic E-state index is 12.4. The van der Waals surface area contributed by atoms with Gasteiger partial charge in [-0.2, -0.15) is 0 Å². The smallest absolute Gasteiger partial charge is 0.0396 e. The van der Waals surface area contributed by atoms with Crippen LogP contribution >= 0.6 is 0 Å². The first-order valence-corrected chi connectivity index (χ1v) is 8.89. The van der Waals surface area contributed by atoms with Crippen molar-refractivity contribution in [3.05, 3.63) is 0 Å². The molecule has 0 bridgehead atoms. The molecule has 2 nitrogen and oxygen atoms in total. The van der Waals surface area contributed by atoms with Crippen LogP contribution < -0.4 is 5.32 Å². The number of hydrogen-bond acceptors (Lipinski definition) is 2. The number of rotatable bonds is 6. The van der Waals surface area contributed by atoms with Crippen molar-refractivity contribution >= 4 is 10.8 Å². The summed E-state index contributed by atoms with van der Waals surface area (Å²) in [5.74, 6) is 1.57. The molecule has 0 heterocycles. The Labute approximate surface area is 116 Å². The molecule has 1 aliphatic carbocycles. The fraction of sp³-hybridized carbons (Fsp3) is 1.00. The lowest BCUT2D eigenvalue weighted by molar-refractivity contribution is 0.284. The van der Waals surface area contributed by atoms with E-state index >= 15 is 0 Å². The van der Waals surface area contributed by atoms with Gasteiger partial charge in [-0.15, -0.1) is 0 Å². The molecule has 1 N–H and O–H groups in total. The molecule has 0 aromatic carbocycles. The molecule has 3 heteroatoms. The van der Waals surface area contributed by atoms with Gasteiger partial charge in [0.15, 0.2) is 0 Å². The van der Waals surface area contributed by atoms with E-state index in [9.17, 15) is 4.21 Å². The van der Waals surface area contributed by atoms with Gasteiger partial charge in [-0.3, -0.25) is 4.21 Å². The van der Waals surface area contributed by atoms with Gasteiger partial charge < -0.3 is 5.32 Å². The normalized spacial score (nSPS) is 21.8. The van der Waals surface area contributed by atoms with Gasteiger partial charge in [0.05, 0.1) is 0 Å². The van der Waals surface area contributed by atoms with E-state index in [1.54, 1.807) is 0 Å². The van der Waals surface area contributed by atoms with Crippen molar-refractivity contribution in [2.45, 2.75) is 77.0 Å². The second-order valence-electron chi connectivity index (χ2n) is 6.58. The molecular weight excluding hydrogens is 242 g/mol. The molecule has 18 heavy (non-hydrogen) atoms. The summed E-state index contributed by atoms with van der Waals surface area (Å²) in [4.78, 5) is 0. The second-order valence-corrected chi connectivity index (χ2v) is 8.83. The molecular formula is C15H31NOS. The fourth-order valence-electron chi connectivity index (χ4n) is 2.64. The molecule has 1 rings (SSSR count). The number of hydrogen-bond donors (Lipinski definition) is 1. The molecule has 0 spiro atoms. The topological polar surface area (TPSA) is 29.1 Å². The van der Waals surface area contributed by atoms with Gasteiger partial charge in [0.25, 0.3) is 0 Å². The largest absolute Gasteiger partial charge is 0.313 e. The zero-order valence-electron chi connectivity index (χ0n) is 12.6. The van der Waals surface area contributed by atoms with Crippen molar-refractivity contribution in [1.82, 2.24) is 5.32 Å². The molecule has 2 atom stereocenters. The predicted octanol–water partition coefficient (Wildman–Crippen LogP) is 3.48. The van der Waals surface area contributed by atoms with E-state index in [0.717, 1.165) is 24.6 Å². The van der Waals surface area contributed by atoms with E-state index in [2.05, 4.69) is 33.0 Å². The van der Waals surface area contributed by atoms with Crippen molar-refractivity contribution in [3.63, 3.8) is 0 Å². The molecule has 0 aromatic heterocycles. The van der Waals surface area contributed by atoms with E-state index in [-0.39, 0.29) is 4.75 Å². The quantitative estimate of drug-likeness (QED) is 0.803. The molecule has 1 fully saturated rings. The van der Waals surface area contributed by atoms with Crippen molar-refractivity contribution < 1.29 is 4.21 Å². The van der Waals surface area contributed by atoms with E-state index in [1.165, 1.54) is 32.1 Å². The molecule has 0 saturated heterocycles. The van der Waals surface area contributed by atoms with E-state index in [1.807, 2.05) is 0 Å². The summed E-state index contributed by atoms with van der Waals surface area (Å²) in [5.41, 5.74) is 0. The summed E-state index contributed by atoms with van der Waals surface area (Å²) < 4.78 is 12.3. The SMILES string of the molecule is CCCNC(CS(=O)C(C)(C)C)C1CCCCC1. The first-order valence-electron chi connectivity index (χ1n) is 7.57. The van der Waals surface area contributed by atoms with Crippen molar-refractivity contribution in [2.24, 2.45) is 5.92 Å². The first-order chi connectivity index (χ1) is 8.45. The van der Waals surface area contributed by atoms with Gasteiger partial charge >= 0.3 is 0 Å². The Balaban J connectivity index is 2.56. The highest BCUT2D eigenvalue weighted by molar-refractivity contribution is 7.86. The van der Waals surface area contributed by atoms with Gasteiger partial charge in [-0.05, 0) is 52.5 Å². The Morgan fingerprint density at radius 2 is 1.83 bits per heavy atom. The van der Waals surface area contributed by atoms with Gasteiger partial charge in [-0.25, -0.2) is 0 Å². The minimum atomic E-state index is -0.735. The van der Waals surface area contributed by atoms with Crippen LogP contribution in [0.25, 0.3) is 0 Å². The Kier molecular flexibility index (Phi) is 6.86. The molecule has 0 amide bonds. The monoisotopic (exact) mass is 273 g/mol. The lowest BCUT2D eigenvalue weighted by atomic mass is 9.84. The second kappa shape index (κ2) is 7.64. The summed E-state index contributed by atoms with van der Waals surface area (Å²) in [6.45, 7) is 9.51. The van der Waals surface area contributed by atoms with Crippen LogP contribution in [0.2, 0.25) is 0 Å². The van der Waals surface area contributed by atoms with Crippen LogP contribution in [0.5, 0.6) is 0 Å². The standard InChI is InChI=1S/C15H31NOS/c1-5-11-16-14(12-18(17)15(2,3)4)13-9-7-6-8-10-13/h13-14,16H,5-12H2,1-4H3. The van der Waals surface area contributed by atoms with Crippen LogP contribution in [0.3, 0.4) is 0 Å². The van der Waals surface area contributed by atoms with Crippen molar-refractivity contribution in [2.75, 3.05) is 12.3 Å². The summed E-state index contributed by atoms with van der Waals surface area (Å²) in [6.07, 6.45) is 7.91. The zero-order chi connectivity index (χ0) is 13.6. The van der Waals surface area contributed by atoms with E-state index in [0.29, 0.717) is 6.04 Å². The fourth-order valence-corrected chi connectivity index (χ4v) is 3.86. The third-order valence-electron chi connectivity index (χ3n) is 3.89. The van der Waals surface area contributed by atoms with Crippen LogP contribution in [0.1, 0.15) is 66.2 Å². The van der Waals surface area contributed by atoms with Crippen LogP contribution in [-0.2, 0) is 10.8 Å². The zero-order valence-corrected chi connectivity index (χ0v) is 13.4. The van der Waals surface area contributed by atoms with Crippen LogP contribution in [0, 0.1) is 5.92 Å². The van der Waals surface area contributed by atoms with Gasteiger partial charge in [0.2, 0.25) is 0 Å². The highest BCUT2D eigenvalue weighted by Gasteiger charge is 2.28. The lowest BCUT2D eigenvalue weighted by Crippen LogP contribution is -2.44. The Hall–Kier alpha value is 0.110. The van der Waals surface area contributed by atoms with Crippen molar-refractivity contribution in [3.8, 4) is 0 Å². The predicted molar refractivity (Wildman–Crippen MR) is 81.4 cm³/mol. The average molecular weight is 273 g/mol. The molecule has 1 saturated carbocycles. The van der Waals surface area contributed by atoms with Crippen LogP contribution in [0.15, 0.2) is 0 Å². The van der Waals surface area contributed by atoms with Gasteiger partial charge in [0.1, 0.15) is 0 Å². The van der Waals surface area contributed by atoms with Crippen molar-refractivity contribution in [1.29, 1.82) is 0 Å². The lowest BCUT2D eigenvalue weighted by Gasteiger charge is -2.32. The summed E-state index contributed by atoms with van der Waals surface area (Å²) in [7, 11) is -0.735. The van der Waals surface area contributed by atoms with Gasteiger partial charge in [-0.1, -0.05) is 26.2 Å². The first kappa shape index (κ1) is 16.2. The summed E-state index contributed by atoms with van der Waals surface area (Å²) >= 11 is 0. The third kappa shape index (κ3) is 5.40. The molecule has 108 valence electrons. The number of nitrogens with one attached hydrogen (secondary N) is 1. The Bertz CT molecular complexity index is 254. The van der Waals surface area contributed by atoms with Crippen LogP contribution in [0.4, 0.5) is 0 Å². The highest BCUT2D eigenvalue weighted by Crippen LogP contribution is 2.28.